The molecule has 1 saturated heterocycles. The predicted octanol–water partition coefficient (Wildman–Crippen LogP) is 4.50. The smallest absolute Gasteiger partial charge is 0.137 e. The number of imidazole rings is 1. The summed E-state index contributed by atoms with van der Waals surface area (Å²) in [7, 11) is 6.06. The zero-order valence-electron chi connectivity index (χ0n) is 20.8. The molecule has 4 heterocycles. The van der Waals surface area contributed by atoms with Crippen LogP contribution in [0.15, 0.2) is 54.7 Å². The van der Waals surface area contributed by atoms with Crippen molar-refractivity contribution in [1.82, 2.24) is 23.8 Å². The van der Waals surface area contributed by atoms with E-state index in [0.29, 0.717) is 0 Å². The summed E-state index contributed by atoms with van der Waals surface area (Å²) in [5, 5.41) is 0. The summed E-state index contributed by atoms with van der Waals surface area (Å²) in [6.07, 6.45) is 4.45. The molecule has 0 unspecified atom stereocenters. The molecule has 0 aliphatic carbocycles. The first kappa shape index (κ1) is 22.7. The maximum Gasteiger partial charge on any atom is 0.137 e. The fraction of sp³-hybridized carbons (Fsp3) is 0.393. The number of fused-ring (bicyclic) bond motifs is 1. The van der Waals surface area contributed by atoms with E-state index in [1.165, 1.54) is 35.6 Å². The van der Waals surface area contributed by atoms with Gasteiger partial charge >= 0.3 is 0 Å². The van der Waals surface area contributed by atoms with Gasteiger partial charge in [-0.15, -0.1) is 0 Å². The monoisotopic (exact) mass is 457 g/mol. The summed E-state index contributed by atoms with van der Waals surface area (Å²) < 4.78 is 9.93. The number of hydrogen-bond donors (Lipinski definition) is 0. The number of pyridine rings is 1. The lowest BCUT2D eigenvalue weighted by Gasteiger charge is -2.20. The summed E-state index contributed by atoms with van der Waals surface area (Å²) >= 11 is 0. The molecule has 0 spiro atoms. The van der Waals surface area contributed by atoms with Crippen molar-refractivity contribution in [3.63, 3.8) is 0 Å². The van der Waals surface area contributed by atoms with Crippen LogP contribution in [0.3, 0.4) is 0 Å². The normalized spacial score (nSPS) is 15.6. The van der Waals surface area contributed by atoms with Gasteiger partial charge in [0.05, 0.1) is 18.5 Å². The quantitative estimate of drug-likeness (QED) is 0.427. The molecule has 5 rings (SSSR count). The Kier molecular flexibility index (Phi) is 6.44. The molecule has 6 heteroatoms. The second-order valence-electron chi connectivity index (χ2n) is 9.45. The Hall–Kier alpha value is -3.09. The van der Waals surface area contributed by atoms with Crippen molar-refractivity contribution < 1.29 is 4.74 Å². The molecule has 1 aromatic carbocycles. The first-order valence-corrected chi connectivity index (χ1v) is 12.2. The van der Waals surface area contributed by atoms with E-state index in [9.17, 15) is 0 Å². The Labute approximate surface area is 202 Å². The van der Waals surface area contributed by atoms with Crippen molar-refractivity contribution in [1.29, 1.82) is 0 Å². The minimum absolute atomic E-state index is 0.865. The Morgan fingerprint density at radius 3 is 2.41 bits per heavy atom. The minimum atomic E-state index is 0.865. The van der Waals surface area contributed by atoms with Gasteiger partial charge in [-0.1, -0.05) is 0 Å². The standard InChI is InChI=1S/C28H35N5O/c1-21-6-12-25(31(21)3)23-9-13-27-29-28(22-7-10-24(34-4)11-8-22)26(33(27)20-23)14-17-32-16-5-15-30(2)18-19-32/h6-13,20H,5,14-19H2,1-4H3. The molecule has 34 heavy (non-hydrogen) atoms. The first-order chi connectivity index (χ1) is 16.5. The van der Waals surface area contributed by atoms with Gasteiger partial charge in [-0.25, -0.2) is 4.98 Å². The minimum Gasteiger partial charge on any atom is -0.497 e. The van der Waals surface area contributed by atoms with Crippen LogP contribution in [-0.2, 0) is 13.5 Å². The molecule has 0 radical (unpaired) electrons. The second kappa shape index (κ2) is 9.65. The van der Waals surface area contributed by atoms with E-state index in [1.807, 2.05) is 12.1 Å². The van der Waals surface area contributed by atoms with Crippen LogP contribution in [0.1, 0.15) is 17.8 Å². The lowest BCUT2D eigenvalue weighted by atomic mass is 10.1. The van der Waals surface area contributed by atoms with E-state index < -0.39 is 0 Å². The lowest BCUT2D eigenvalue weighted by Crippen LogP contribution is -2.30. The number of hydrogen-bond acceptors (Lipinski definition) is 4. The molecule has 0 bridgehead atoms. The number of aryl methyl sites for hydroxylation is 1. The Morgan fingerprint density at radius 2 is 1.68 bits per heavy atom. The maximum absolute atomic E-state index is 5.38. The van der Waals surface area contributed by atoms with Crippen molar-refractivity contribution in [2.75, 3.05) is 46.9 Å². The predicted molar refractivity (Wildman–Crippen MR) is 139 cm³/mol. The van der Waals surface area contributed by atoms with E-state index >= 15 is 0 Å². The highest BCUT2D eigenvalue weighted by Gasteiger charge is 2.18. The van der Waals surface area contributed by atoms with Crippen LogP contribution in [0.5, 0.6) is 5.75 Å². The number of ether oxygens (including phenoxy) is 1. The van der Waals surface area contributed by atoms with Crippen molar-refractivity contribution in [3.8, 4) is 28.3 Å². The molecule has 4 aromatic rings. The number of methoxy groups -OCH3 is 1. The first-order valence-electron chi connectivity index (χ1n) is 12.2. The van der Waals surface area contributed by atoms with Gasteiger partial charge in [0.1, 0.15) is 11.4 Å². The Morgan fingerprint density at radius 1 is 0.882 bits per heavy atom. The van der Waals surface area contributed by atoms with Crippen molar-refractivity contribution in [3.05, 3.63) is 66.1 Å². The third-order valence-electron chi connectivity index (χ3n) is 7.23. The van der Waals surface area contributed by atoms with Gasteiger partial charge in [0.2, 0.25) is 0 Å². The largest absolute Gasteiger partial charge is 0.497 e. The van der Waals surface area contributed by atoms with Gasteiger partial charge in [-0.05, 0) is 82.0 Å². The van der Waals surface area contributed by atoms with Gasteiger partial charge in [0.15, 0.2) is 0 Å². The average Bonchev–Trinajstić information content (AvgIpc) is 3.30. The Balaban J connectivity index is 1.54. The van der Waals surface area contributed by atoms with Crippen LogP contribution >= 0.6 is 0 Å². The molecule has 3 aromatic heterocycles. The third kappa shape index (κ3) is 4.48. The van der Waals surface area contributed by atoms with Crippen LogP contribution in [-0.4, -0.2) is 70.6 Å². The van der Waals surface area contributed by atoms with Crippen LogP contribution in [0.4, 0.5) is 0 Å². The van der Waals surface area contributed by atoms with Crippen molar-refractivity contribution in [2.24, 2.45) is 7.05 Å². The molecular weight excluding hydrogens is 422 g/mol. The van der Waals surface area contributed by atoms with E-state index in [1.54, 1.807) is 7.11 Å². The fourth-order valence-corrected chi connectivity index (χ4v) is 4.95. The summed E-state index contributed by atoms with van der Waals surface area (Å²) in [4.78, 5) is 10.1. The van der Waals surface area contributed by atoms with Crippen molar-refractivity contribution in [2.45, 2.75) is 19.8 Å². The second-order valence-corrected chi connectivity index (χ2v) is 9.45. The van der Waals surface area contributed by atoms with Gasteiger partial charge in [0.25, 0.3) is 0 Å². The highest BCUT2D eigenvalue weighted by atomic mass is 16.5. The number of rotatable bonds is 6. The van der Waals surface area contributed by atoms with Crippen LogP contribution < -0.4 is 4.74 Å². The van der Waals surface area contributed by atoms with E-state index in [2.05, 4.69) is 82.4 Å². The number of benzene rings is 1. The van der Waals surface area contributed by atoms with E-state index in [-0.39, 0.29) is 0 Å². The van der Waals surface area contributed by atoms with Gasteiger partial charge in [-0.2, -0.15) is 0 Å². The molecule has 1 fully saturated rings. The highest BCUT2D eigenvalue weighted by molar-refractivity contribution is 5.70. The summed E-state index contributed by atoms with van der Waals surface area (Å²) in [6, 6.07) is 17.0. The Bertz CT molecular complexity index is 1270. The molecule has 0 N–H and O–H groups in total. The third-order valence-corrected chi connectivity index (χ3v) is 7.23. The lowest BCUT2D eigenvalue weighted by molar-refractivity contribution is 0.278. The molecule has 0 amide bonds. The van der Waals surface area contributed by atoms with E-state index in [4.69, 9.17) is 9.72 Å². The van der Waals surface area contributed by atoms with Gasteiger partial charge < -0.3 is 23.5 Å². The molecule has 1 aliphatic rings. The highest BCUT2D eigenvalue weighted by Crippen LogP contribution is 2.29. The molecule has 0 saturated carbocycles. The van der Waals surface area contributed by atoms with Crippen LogP contribution in [0.2, 0.25) is 0 Å². The average molecular weight is 458 g/mol. The zero-order chi connectivity index (χ0) is 23.7. The molecule has 1 aliphatic heterocycles. The fourth-order valence-electron chi connectivity index (χ4n) is 4.95. The molecule has 6 nitrogen and oxygen atoms in total. The van der Waals surface area contributed by atoms with Crippen LogP contribution in [0, 0.1) is 6.92 Å². The summed E-state index contributed by atoms with van der Waals surface area (Å²) in [6.45, 7) is 7.79. The van der Waals surface area contributed by atoms with Crippen LogP contribution in [0.25, 0.3) is 28.2 Å². The number of likely N-dealkylation sites (N-methyl/N-ethyl adjacent to an activating group) is 1. The van der Waals surface area contributed by atoms with E-state index in [0.717, 1.165) is 55.3 Å². The van der Waals surface area contributed by atoms with Gasteiger partial charge in [-0.3, -0.25) is 0 Å². The SMILES string of the molecule is COc1ccc(-c2nc3ccc(-c4ccc(C)n4C)cn3c2CCN2CCCN(C)CC2)cc1. The molecule has 178 valence electrons. The number of aromatic nitrogens is 3. The maximum atomic E-state index is 5.38. The molecule has 0 atom stereocenters. The molecular formula is C28H35N5O. The summed E-state index contributed by atoms with van der Waals surface area (Å²) in [5.41, 5.74) is 8.14. The number of nitrogens with zero attached hydrogens (tertiary/aromatic N) is 5. The van der Waals surface area contributed by atoms with Crippen molar-refractivity contribution >= 4 is 5.65 Å². The zero-order valence-corrected chi connectivity index (χ0v) is 20.8. The van der Waals surface area contributed by atoms with Gasteiger partial charge in [0, 0.05) is 61.8 Å². The topological polar surface area (TPSA) is 37.9 Å². The summed E-state index contributed by atoms with van der Waals surface area (Å²) in [5.74, 6) is 0.865.